The van der Waals surface area contributed by atoms with Crippen molar-refractivity contribution >= 4 is 24.2 Å². The number of amides is 1. The maximum absolute atomic E-state index is 11.8. The Bertz CT molecular complexity index is 659. The highest BCUT2D eigenvalue weighted by molar-refractivity contribution is 5.86. The van der Waals surface area contributed by atoms with Gasteiger partial charge in [0.2, 0.25) is 0 Å². The van der Waals surface area contributed by atoms with Gasteiger partial charge in [0.1, 0.15) is 18.1 Å². The van der Waals surface area contributed by atoms with Crippen LogP contribution in [0.1, 0.15) is 19.3 Å². The molecular formula is C20H25ClN2O3. The van der Waals surface area contributed by atoms with Crippen molar-refractivity contribution in [3.63, 3.8) is 0 Å². The van der Waals surface area contributed by atoms with Gasteiger partial charge in [0.05, 0.1) is 0 Å². The molecule has 1 heterocycles. The Balaban J connectivity index is 0.00000243. The third kappa shape index (κ3) is 6.58. The Hall–Kier alpha value is -2.24. The van der Waals surface area contributed by atoms with E-state index >= 15 is 0 Å². The van der Waals surface area contributed by atoms with Gasteiger partial charge >= 0.3 is 6.09 Å². The van der Waals surface area contributed by atoms with Gasteiger partial charge < -0.3 is 9.47 Å². The van der Waals surface area contributed by atoms with Crippen molar-refractivity contribution in [2.24, 2.45) is 0 Å². The maximum atomic E-state index is 11.8. The van der Waals surface area contributed by atoms with E-state index in [2.05, 4.69) is 10.2 Å². The Labute approximate surface area is 160 Å². The van der Waals surface area contributed by atoms with Crippen molar-refractivity contribution in [3.05, 3.63) is 54.6 Å². The molecule has 6 heteroatoms. The molecule has 1 amide bonds. The molecule has 0 bridgehead atoms. The highest BCUT2D eigenvalue weighted by Crippen LogP contribution is 2.17. The van der Waals surface area contributed by atoms with Gasteiger partial charge in [0.25, 0.3) is 0 Å². The number of hydrogen-bond acceptors (Lipinski definition) is 4. The third-order valence-corrected chi connectivity index (χ3v) is 4.18. The molecule has 2 aromatic carbocycles. The van der Waals surface area contributed by atoms with E-state index in [0.717, 1.165) is 12.3 Å². The van der Waals surface area contributed by atoms with Crippen LogP contribution in [0.15, 0.2) is 54.6 Å². The average molecular weight is 377 g/mol. The Morgan fingerprint density at radius 3 is 2.31 bits per heavy atom. The second-order valence-corrected chi connectivity index (χ2v) is 6.10. The molecule has 5 nitrogen and oxygen atoms in total. The number of nitrogens with zero attached hydrogens (tertiary/aromatic N) is 1. The molecular weight excluding hydrogens is 352 g/mol. The van der Waals surface area contributed by atoms with Crippen molar-refractivity contribution in [2.45, 2.75) is 19.3 Å². The van der Waals surface area contributed by atoms with Crippen LogP contribution in [0.25, 0.3) is 0 Å². The summed E-state index contributed by atoms with van der Waals surface area (Å²) in [5.41, 5.74) is 0.671. The molecule has 2 aromatic rings. The summed E-state index contributed by atoms with van der Waals surface area (Å²) < 4.78 is 11.0. The van der Waals surface area contributed by atoms with E-state index in [1.54, 1.807) is 12.1 Å². The van der Waals surface area contributed by atoms with Crippen molar-refractivity contribution in [2.75, 3.05) is 31.6 Å². The topological polar surface area (TPSA) is 50.8 Å². The summed E-state index contributed by atoms with van der Waals surface area (Å²) >= 11 is 0. The summed E-state index contributed by atoms with van der Waals surface area (Å²) in [5, 5.41) is 2.70. The number of halogens is 1. The van der Waals surface area contributed by atoms with Crippen molar-refractivity contribution < 1.29 is 14.3 Å². The van der Waals surface area contributed by atoms with Gasteiger partial charge in [0, 0.05) is 12.2 Å². The number of ether oxygens (including phenoxy) is 2. The summed E-state index contributed by atoms with van der Waals surface area (Å²) in [5.74, 6) is 1.32. The van der Waals surface area contributed by atoms with E-state index in [-0.39, 0.29) is 12.4 Å². The lowest BCUT2D eigenvalue weighted by Gasteiger charge is -2.26. The number of anilines is 1. The van der Waals surface area contributed by atoms with Gasteiger partial charge in [-0.2, -0.15) is 0 Å². The second-order valence-electron chi connectivity index (χ2n) is 6.10. The number of para-hydroxylation sites is 1. The van der Waals surface area contributed by atoms with Crippen LogP contribution in [0.3, 0.4) is 0 Å². The Morgan fingerprint density at radius 1 is 0.923 bits per heavy atom. The molecule has 1 saturated heterocycles. The predicted octanol–water partition coefficient (Wildman–Crippen LogP) is 4.58. The van der Waals surface area contributed by atoms with Gasteiger partial charge in [-0.15, -0.1) is 12.4 Å². The summed E-state index contributed by atoms with van der Waals surface area (Å²) in [6, 6.07) is 16.3. The molecule has 0 atom stereocenters. The first-order chi connectivity index (χ1) is 12.3. The van der Waals surface area contributed by atoms with Crippen LogP contribution >= 0.6 is 12.4 Å². The van der Waals surface area contributed by atoms with E-state index in [1.165, 1.54) is 32.4 Å². The van der Waals surface area contributed by atoms with Gasteiger partial charge in [-0.05, 0) is 62.3 Å². The Kier molecular flexibility index (Phi) is 8.25. The number of carbonyl (C=O) groups excluding carboxylic acids is 1. The molecule has 26 heavy (non-hydrogen) atoms. The second kappa shape index (κ2) is 10.7. The van der Waals surface area contributed by atoms with Crippen molar-refractivity contribution in [3.8, 4) is 11.5 Å². The summed E-state index contributed by atoms with van der Waals surface area (Å²) in [6.07, 6.45) is 3.42. The number of benzene rings is 2. The highest BCUT2D eigenvalue weighted by atomic mass is 35.5. The molecule has 1 fully saturated rings. The van der Waals surface area contributed by atoms with E-state index in [1.807, 2.05) is 42.5 Å². The van der Waals surface area contributed by atoms with E-state index in [0.29, 0.717) is 18.0 Å². The highest BCUT2D eigenvalue weighted by Gasteiger charge is 2.09. The van der Waals surface area contributed by atoms with Crippen LogP contribution < -0.4 is 14.8 Å². The molecule has 0 unspecified atom stereocenters. The summed E-state index contributed by atoms with van der Waals surface area (Å²) in [4.78, 5) is 14.3. The molecule has 1 aliphatic heterocycles. The summed E-state index contributed by atoms with van der Waals surface area (Å²) in [7, 11) is 0. The lowest BCUT2D eigenvalue weighted by molar-refractivity contribution is 0.183. The van der Waals surface area contributed by atoms with Crippen LogP contribution in [-0.2, 0) is 0 Å². The number of hydrogen-bond donors (Lipinski definition) is 1. The van der Waals surface area contributed by atoms with Crippen LogP contribution in [0.4, 0.5) is 10.5 Å². The number of rotatable bonds is 6. The van der Waals surface area contributed by atoms with Crippen LogP contribution in [0.2, 0.25) is 0 Å². The minimum atomic E-state index is -0.509. The van der Waals surface area contributed by atoms with Crippen molar-refractivity contribution in [1.29, 1.82) is 0 Å². The molecule has 0 spiro atoms. The van der Waals surface area contributed by atoms with E-state index < -0.39 is 6.09 Å². The van der Waals surface area contributed by atoms with Gasteiger partial charge in [0.15, 0.2) is 0 Å². The zero-order chi connectivity index (χ0) is 17.3. The maximum Gasteiger partial charge on any atom is 0.417 e. The lowest BCUT2D eigenvalue weighted by atomic mass is 10.1. The van der Waals surface area contributed by atoms with Gasteiger partial charge in [-0.3, -0.25) is 10.2 Å². The van der Waals surface area contributed by atoms with Crippen molar-refractivity contribution in [1.82, 2.24) is 4.90 Å². The molecule has 0 aromatic heterocycles. The van der Waals surface area contributed by atoms with Gasteiger partial charge in [-0.1, -0.05) is 24.6 Å². The zero-order valence-corrected chi connectivity index (χ0v) is 15.5. The molecule has 0 aliphatic carbocycles. The number of likely N-dealkylation sites (tertiary alicyclic amines) is 1. The van der Waals surface area contributed by atoms with Crippen LogP contribution in [-0.4, -0.2) is 37.2 Å². The number of piperidine rings is 1. The Morgan fingerprint density at radius 2 is 1.62 bits per heavy atom. The van der Waals surface area contributed by atoms with Crippen LogP contribution in [0, 0.1) is 0 Å². The fourth-order valence-electron chi connectivity index (χ4n) is 2.85. The standard InChI is InChI=1S/C20H24N2O3.ClH/c23-20(25-19-7-3-1-4-8-19)21-17-9-11-18(12-10-17)24-16-15-22-13-5-2-6-14-22;/h1,3-4,7-12H,2,5-6,13-16H2,(H,21,23);1H. The minimum absolute atomic E-state index is 0. The largest absolute Gasteiger partial charge is 0.492 e. The summed E-state index contributed by atoms with van der Waals surface area (Å²) in [6.45, 7) is 4.00. The van der Waals surface area contributed by atoms with E-state index in [4.69, 9.17) is 9.47 Å². The SMILES string of the molecule is Cl.O=C(Nc1ccc(OCCN2CCCCC2)cc1)Oc1ccccc1. The fourth-order valence-corrected chi connectivity index (χ4v) is 2.85. The third-order valence-electron chi connectivity index (χ3n) is 4.18. The average Bonchev–Trinajstić information content (AvgIpc) is 2.65. The monoisotopic (exact) mass is 376 g/mol. The first-order valence-electron chi connectivity index (χ1n) is 8.79. The first kappa shape index (κ1) is 20.1. The predicted molar refractivity (Wildman–Crippen MR) is 106 cm³/mol. The molecule has 140 valence electrons. The quantitative estimate of drug-likeness (QED) is 0.801. The fraction of sp³-hybridized carbons (Fsp3) is 0.350. The van der Waals surface area contributed by atoms with Crippen LogP contribution in [0.5, 0.6) is 11.5 Å². The van der Waals surface area contributed by atoms with Gasteiger partial charge in [-0.25, -0.2) is 4.79 Å². The smallest absolute Gasteiger partial charge is 0.417 e. The lowest BCUT2D eigenvalue weighted by Crippen LogP contribution is -2.33. The molecule has 0 saturated carbocycles. The number of nitrogens with one attached hydrogen (secondary N) is 1. The molecule has 1 aliphatic rings. The molecule has 1 N–H and O–H groups in total. The minimum Gasteiger partial charge on any atom is -0.492 e. The normalized spacial score (nSPS) is 14.2. The molecule has 3 rings (SSSR count). The zero-order valence-electron chi connectivity index (χ0n) is 14.7. The number of carbonyl (C=O) groups is 1. The molecule has 0 radical (unpaired) electrons. The van der Waals surface area contributed by atoms with E-state index in [9.17, 15) is 4.79 Å². The first-order valence-corrected chi connectivity index (χ1v) is 8.79.